The Labute approximate surface area is 174 Å². The Morgan fingerprint density at radius 2 is 1.53 bits per heavy atom. The Morgan fingerprint density at radius 3 is 2.20 bits per heavy atom. The van der Waals surface area contributed by atoms with Gasteiger partial charge in [-0.05, 0) is 43.2 Å². The number of benzene rings is 2. The normalized spacial score (nSPS) is 17.3. The number of hydrogen-bond donors (Lipinski definition) is 1. The molecule has 30 heavy (non-hydrogen) atoms. The maximum Gasteiger partial charge on any atom is 0.253 e. The fourth-order valence-electron chi connectivity index (χ4n) is 3.94. The van der Waals surface area contributed by atoms with Crippen LogP contribution >= 0.6 is 0 Å². The predicted molar refractivity (Wildman–Crippen MR) is 112 cm³/mol. The maximum absolute atomic E-state index is 12.9. The molecule has 2 aliphatic heterocycles. The summed E-state index contributed by atoms with van der Waals surface area (Å²) in [5.41, 5.74) is 1.64. The van der Waals surface area contributed by atoms with Gasteiger partial charge in [-0.2, -0.15) is 0 Å². The van der Waals surface area contributed by atoms with E-state index in [2.05, 4.69) is 5.32 Å². The molecule has 0 aromatic heterocycles. The van der Waals surface area contributed by atoms with Crippen LogP contribution in [0.25, 0.3) is 0 Å². The van der Waals surface area contributed by atoms with E-state index in [0.717, 1.165) is 10.6 Å². The molecular formula is C23H23N3O4. The molecule has 0 unspecified atom stereocenters. The highest BCUT2D eigenvalue weighted by atomic mass is 16.2. The highest BCUT2D eigenvalue weighted by Crippen LogP contribution is 2.25. The van der Waals surface area contributed by atoms with Crippen molar-refractivity contribution in [1.29, 1.82) is 0 Å². The van der Waals surface area contributed by atoms with E-state index in [1.165, 1.54) is 0 Å². The summed E-state index contributed by atoms with van der Waals surface area (Å²) < 4.78 is 0. The average Bonchev–Trinajstić information content (AvgIpc) is 3.12. The summed E-state index contributed by atoms with van der Waals surface area (Å²) in [5.74, 6) is -0.802. The van der Waals surface area contributed by atoms with Gasteiger partial charge in [-0.1, -0.05) is 24.3 Å². The Hall–Kier alpha value is -3.48. The number of carbonyl (C=O) groups excluding carboxylic acids is 4. The van der Waals surface area contributed by atoms with Gasteiger partial charge in [0.1, 0.15) is 0 Å². The maximum atomic E-state index is 12.9. The number of amides is 4. The van der Waals surface area contributed by atoms with Crippen molar-refractivity contribution < 1.29 is 19.2 Å². The molecule has 0 bridgehead atoms. The first-order valence-electron chi connectivity index (χ1n) is 10.1. The van der Waals surface area contributed by atoms with E-state index in [9.17, 15) is 19.2 Å². The van der Waals surface area contributed by atoms with Crippen LogP contribution in [-0.2, 0) is 14.4 Å². The molecule has 7 heteroatoms. The van der Waals surface area contributed by atoms with Crippen LogP contribution in [0.2, 0.25) is 0 Å². The number of nitrogens with zero attached hydrogens (tertiary/aromatic N) is 2. The van der Waals surface area contributed by atoms with Gasteiger partial charge < -0.3 is 10.2 Å². The number of rotatable bonds is 4. The van der Waals surface area contributed by atoms with Gasteiger partial charge in [0.25, 0.3) is 5.91 Å². The zero-order valence-corrected chi connectivity index (χ0v) is 16.5. The quantitative estimate of drug-likeness (QED) is 0.793. The Morgan fingerprint density at radius 1 is 0.867 bits per heavy atom. The van der Waals surface area contributed by atoms with Crippen molar-refractivity contribution in [3.05, 3.63) is 60.2 Å². The molecule has 0 spiro atoms. The second kappa shape index (κ2) is 8.49. The summed E-state index contributed by atoms with van der Waals surface area (Å²) in [7, 11) is 0. The van der Waals surface area contributed by atoms with E-state index in [1.807, 2.05) is 30.3 Å². The lowest BCUT2D eigenvalue weighted by atomic mass is 9.95. The molecule has 0 atom stereocenters. The zero-order valence-electron chi connectivity index (χ0n) is 16.5. The van der Waals surface area contributed by atoms with E-state index in [4.69, 9.17) is 0 Å². The minimum atomic E-state index is -0.241. The van der Waals surface area contributed by atoms with Crippen LogP contribution in [0, 0.1) is 5.92 Å². The fraction of sp³-hybridized carbons (Fsp3) is 0.304. The first-order valence-corrected chi connectivity index (χ1v) is 10.1. The summed E-state index contributed by atoms with van der Waals surface area (Å²) in [5, 5.41) is 2.92. The number of para-hydroxylation sites is 1. The van der Waals surface area contributed by atoms with Gasteiger partial charge in [0, 0.05) is 43.1 Å². The van der Waals surface area contributed by atoms with Crippen molar-refractivity contribution >= 4 is 35.0 Å². The lowest BCUT2D eigenvalue weighted by Crippen LogP contribution is -2.41. The molecule has 0 saturated carbocycles. The molecule has 2 heterocycles. The van der Waals surface area contributed by atoms with Crippen LogP contribution in [0.3, 0.4) is 0 Å². The second-order valence-electron chi connectivity index (χ2n) is 7.59. The lowest BCUT2D eigenvalue weighted by molar-refractivity contribution is -0.122. The van der Waals surface area contributed by atoms with Crippen LogP contribution in [0.1, 0.15) is 36.0 Å². The highest BCUT2D eigenvalue weighted by molar-refractivity contribution is 6.20. The molecule has 2 saturated heterocycles. The van der Waals surface area contributed by atoms with Crippen LogP contribution in [0.4, 0.5) is 11.4 Å². The SMILES string of the molecule is O=C(Nc1ccccc1)C1CCN(C(=O)c2cccc(N3C(=O)CCC3=O)c2)CC1. The summed E-state index contributed by atoms with van der Waals surface area (Å²) in [6.45, 7) is 0.967. The zero-order chi connectivity index (χ0) is 21.1. The van der Waals surface area contributed by atoms with Gasteiger partial charge in [0.2, 0.25) is 17.7 Å². The molecule has 2 aromatic rings. The number of nitrogens with one attached hydrogen (secondary N) is 1. The van der Waals surface area contributed by atoms with Crippen molar-refractivity contribution in [2.75, 3.05) is 23.3 Å². The number of carbonyl (C=O) groups is 4. The molecule has 2 aliphatic rings. The van der Waals surface area contributed by atoms with Crippen molar-refractivity contribution in [3.8, 4) is 0 Å². The molecule has 2 aromatic carbocycles. The molecule has 1 N–H and O–H groups in total. The lowest BCUT2D eigenvalue weighted by Gasteiger charge is -2.31. The molecule has 7 nitrogen and oxygen atoms in total. The van der Waals surface area contributed by atoms with Crippen molar-refractivity contribution in [3.63, 3.8) is 0 Å². The molecular weight excluding hydrogens is 382 g/mol. The first kappa shape index (κ1) is 19.8. The monoisotopic (exact) mass is 405 g/mol. The Bertz CT molecular complexity index is 965. The molecule has 4 amide bonds. The molecule has 2 fully saturated rings. The summed E-state index contributed by atoms with van der Waals surface area (Å²) in [6.07, 6.45) is 1.59. The van der Waals surface area contributed by atoms with Crippen LogP contribution in [0.5, 0.6) is 0 Å². The third-order valence-electron chi connectivity index (χ3n) is 5.60. The summed E-state index contributed by atoms with van der Waals surface area (Å²) >= 11 is 0. The second-order valence-corrected chi connectivity index (χ2v) is 7.59. The van der Waals surface area contributed by atoms with Gasteiger partial charge >= 0.3 is 0 Å². The van der Waals surface area contributed by atoms with Crippen LogP contribution < -0.4 is 10.2 Å². The van der Waals surface area contributed by atoms with Gasteiger partial charge in [-0.25, -0.2) is 0 Å². The number of imide groups is 1. The number of anilines is 2. The van der Waals surface area contributed by atoms with Gasteiger partial charge in [0.05, 0.1) is 5.69 Å². The largest absolute Gasteiger partial charge is 0.339 e. The van der Waals surface area contributed by atoms with Crippen LogP contribution in [-0.4, -0.2) is 41.6 Å². The van der Waals surface area contributed by atoms with E-state index >= 15 is 0 Å². The number of piperidine rings is 1. The van der Waals surface area contributed by atoms with Crippen LogP contribution in [0.15, 0.2) is 54.6 Å². The van der Waals surface area contributed by atoms with Crippen molar-refractivity contribution in [1.82, 2.24) is 4.90 Å². The third kappa shape index (κ3) is 4.10. The molecule has 0 radical (unpaired) electrons. The van der Waals surface area contributed by atoms with Gasteiger partial charge in [0.15, 0.2) is 0 Å². The average molecular weight is 405 g/mol. The van der Waals surface area contributed by atoms with E-state index in [1.54, 1.807) is 29.2 Å². The molecule has 4 rings (SSSR count). The van der Waals surface area contributed by atoms with Gasteiger partial charge in [-0.3, -0.25) is 24.1 Å². The van der Waals surface area contributed by atoms with Crippen molar-refractivity contribution in [2.45, 2.75) is 25.7 Å². The number of hydrogen-bond acceptors (Lipinski definition) is 4. The van der Waals surface area contributed by atoms with E-state index in [0.29, 0.717) is 37.2 Å². The smallest absolute Gasteiger partial charge is 0.253 e. The third-order valence-corrected chi connectivity index (χ3v) is 5.60. The van der Waals surface area contributed by atoms with Crippen molar-refractivity contribution in [2.24, 2.45) is 5.92 Å². The van der Waals surface area contributed by atoms with Gasteiger partial charge in [-0.15, -0.1) is 0 Å². The summed E-state index contributed by atoms with van der Waals surface area (Å²) in [6, 6.07) is 16.0. The Kier molecular flexibility index (Phi) is 5.61. The fourth-order valence-corrected chi connectivity index (χ4v) is 3.94. The van der Waals surface area contributed by atoms with E-state index in [-0.39, 0.29) is 42.4 Å². The summed E-state index contributed by atoms with van der Waals surface area (Å²) in [4.78, 5) is 52.2. The topological polar surface area (TPSA) is 86.8 Å². The predicted octanol–water partition coefficient (Wildman–Crippen LogP) is 2.83. The minimum Gasteiger partial charge on any atom is -0.339 e. The van der Waals surface area contributed by atoms with E-state index < -0.39 is 0 Å². The minimum absolute atomic E-state index is 0.0265. The Balaban J connectivity index is 1.38. The molecule has 154 valence electrons. The first-order chi connectivity index (χ1) is 14.5. The molecule has 0 aliphatic carbocycles. The number of likely N-dealkylation sites (tertiary alicyclic amines) is 1. The standard InChI is InChI=1S/C23H23N3O4/c27-20-9-10-21(28)26(20)19-8-4-5-17(15-19)23(30)25-13-11-16(12-14-25)22(29)24-18-6-2-1-3-7-18/h1-8,15-16H,9-14H2,(H,24,29). The highest BCUT2D eigenvalue weighted by Gasteiger charge is 2.31.